The summed E-state index contributed by atoms with van der Waals surface area (Å²) < 4.78 is 1.78. The van der Waals surface area contributed by atoms with E-state index in [2.05, 4.69) is 37.2 Å². The van der Waals surface area contributed by atoms with Gasteiger partial charge in [0.25, 0.3) is 11.5 Å². The fourth-order valence-corrected chi connectivity index (χ4v) is 4.63. The SMILES string of the molecule is Cc1[nH]nc2c1c(=O)n(CCCNC(=O)c1ccncc1)c1ccc(C#CCN3CCCC3)cc21. The molecule has 3 aromatic heterocycles. The fraction of sp³-hybridized carbons (Fsp3) is 0.333. The second kappa shape index (κ2) is 10.1. The third kappa shape index (κ3) is 4.81. The number of amides is 1. The molecule has 1 fully saturated rings. The van der Waals surface area contributed by atoms with Crippen LogP contribution in [0.3, 0.4) is 0 Å². The zero-order valence-electron chi connectivity index (χ0n) is 19.8. The summed E-state index contributed by atoms with van der Waals surface area (Å²) >= 11 is 0. The number of nitrogens with one attached hydrogen (secondary N) is 2. The standard InChI is InChI=1S/C27H28N6O2/c1-19-24-25(31-30-19)22-18-20(6-4-16-32-14-2-3-15-32)7-8-23(22)33(27(24)35)17-5-11-29-26(34)21-9-12-28-13-10-21/h7-10,12-13,18H,2-3,5,11,14-17H2,1H3,(H,29,34)(H,30,31). The number of pyridine rings is 2. The first-order chi connectivity index (χ1) is 17.1. The molecule has 1 aliphatic rings. The van der Waals surface area contributed by atoms with Gasteiger partial charge in [-0.15, -0.1) is 0 Å². The first-order valence-electron chi connectivity index (χ1n) is 12.0. The Kier molecular flexibility index (Phi) is 6.59. The van der Waals surface area contributed by atoms with Crippen molar-refractivity contribution in [3.63, 3.8) is 0 Å². The highest BCUT2D eigenvalue weighted by Crippen LogP contribution is 2.24. The zero-order chi connectivity index (χ0) is 24.2. The lowest BCUT2D eigenvalue weighted by atomic mass is 10.1. The van der Waals surface area contributed by atoms with Gasteiger partial charge in [0, 0.05) is 47.7 Å². The van der Waals surface area contributed by atoms with E-state index < -0.39 is 0 Å². The molecule has 2 N–H and O–H groups in total. The number of aryl methyl sites for hydroxylation is 2. The molecule has 0 bridgehead atoms. The van der Waals surface area contributed by atoms with Crippen molar-refractivity contribution < 1.29 is 4.79 Å². The second-order valence-electron chi connectivity index (χ2n) is 8.89. The highest BCUT2D eigenvalue weighted by molar-refractivity contribution is 6.04. The molecule has 35 heavy (non-hydrogen) atoms. The van der Waals surface area contributed by atoms with Crippen LogP contribution in [0, 0.1) is 18.8 Å². The lowest BCUT2D eigenvalue weighted by molar-refractivity contribution is 0.0952. The first-order valence-corrected chi connectivity index (χ1v) is 12.0. The van der Waals surface area contributed by atoms with Crippen LogP contribution in [0.2, 0.25) is 0 Å². The molecule has 0 atom stereocenters. The van der Waals surface area contributed by atoms with Gasteiger partial charge in [0.1, 0.15) is 5.52 Å². The summed E-state index contributed by atoms with van der Waals surface area (Å²) in [6, 6.07) is 9.29. The summed E-state index contributed by atoms with van der Waals surface area (Å²) in [7, 11) is 0. The van der Waals surface area contributed by atoms with Gasteiger partial charge in [0.15, 0.2) is 0 Å². The number of hydrogen-bond donors (Lipinski definition) is 2. The van der Waals surface area contributed by atoms with Crippen molar-refractivity contribution in [2.45, 2.75) is 32.7 Å². The average molecular weight is 469 g/mol. The molecule has 0 saturated carbocycles. The summed E-state index contributed by atoms with van der Waals surface area (Å²) in [5.74, 6) is 6.42. The van der Waals surface area contributed by atoms with Gasteiger partial charge in [-0.25, -0.2) is 0 Å². The maximum Gasteiger partial charge on any atom is 0.262 e. The molecule has 0 unspecified atom stereocenters. The van der Waals surface area contributed by atoms with Gasteiger partial charge in [0.2, 0.25) is 0 Å². The molecule has 178 valence electrons. The summed E-state index contributed by atoms with van der Waals surface area (Å²) in [6.07, 6.45) is 6.30. The predicted molar refractivity (Wildman–Crippen MR) is 136 cm³/mol. The van der Waals surface area contributed by atoms with E-state index in [0.717, 1.165) is 41.8 Å². The molecule has 0 aliphatic carbocycles. The van der Waals surface area contributed by atoms with E-state index in [1.54, 1.807) is 29.1 Å². The van der Waals surface area contributed by atoms with Crippen molar-refractivity contribution >= 4 is 27.7 Å². The average Bonchev–Trinajstić information content (AvgIpc) is 3.54. The lowest BCUT2D eigenvalue weighted by Crippen LogP contribution is -2.27. The molecular weight excluding hydrogens is 440 g/mol. The summed E-state index contributed by atoms with van der Waals surface area (Å²) in [4.78, 5) is 31.9. The predicted octanol–water partition coefficient (Wildman–Crippen LogP) is 2.85. The number of hydrogen-bond acceptors (Lipinski definition) is 5. The van der Waals surface area contributed by atoms with Crippen LogP contribution in [0.15, 0.2) is 47.5 Å². The minimum atomic E-state index is -0.150. The normalized spacial score (nSPS) is 13.7. The van der Waals surface area contributed by atoms with Gasteiger partial charge in [-0.3, -0.25) is 24.6 Å². The van der Waals surface area contributed by atoms with Crippen LogP contribution in [-0.2, 0) is 6.54 Å². The molecule has 8 heteroatoms. The van der Waals surface area contributed by atoms with Gasteiger partial charge in [-0.05, 0) is 69.6 Å². The minimum Gasteiger partial charge on any atom is -0.352 e. The van der Waals surface area contributed by atoms with Crippen molar-refractivity contribution in [2.24, 2.45) is 0 Å². The van der Waals surface area contributed by atoms with Gasteiger partial charge < -0.3 is 9.88 Å². The Balaban J connectivity index is 1.39. The van der Waals surface area contributed by atoms with Crippen molar-refractivity contribution in [3.8, 4) is 11.8 Å². The molecular formula is C27H28N6O2. The van der Waals surface area contributed by atoms with Gasteiger partial charge >= 0.3 is 0 Å². The minimum absolute atomic E-state index is 0.0768. The molecule has 4 heterocycles. The topological polar surface area (TPSA) is 95.9 Å². The van der Waals surface area contributed by atoms with Crippen LogP contribution in [0.1, 0.15) is 40.9 Å². The third-order valence-electron chi connectivity index (χ3n) is 6.47. The molecule has 8 nitrogen and oxygen atoms in total. The summed E-state index contributed by atoms with van der Waals surface area (Å²) in [6.45, 7) is 5.81. The van der Waals surface area contributed by atoms with Gasteiger partial charge in [0.05, 0.1) is 17.4 Å². The smallest absolute Gasteiger partial charge is 0.262 e. The first kappa shape index (κ1) is 22.8. The molecule has 0 spiro atoms. The number of nitrogens with zero attached hydrogens (tertiary/aromatic N) is 4. The van der Waals surface area contributed by atoms with Crippen LogP contribution in [0.25, 0.3) is 21.8 Å². The number of rotatable bonds is 6. The van der Waals surface area contributed by atoms with Crippen molar-refractivity contribution in [1.82, 2.24) is 30.0 Å². The number of benzene rings is 1. The fourth-order valence-electron chi connectivity index (χ4n) is 4.63. The van der Waals surface area contributed by atoms with Crippen LogP contribution in [-0.4, -0.2) is 56.7 Å². The maximum absolute atomic E-state index is 13.4. The second-order valence-corrected chi connectivity index (χ2v) is 8.89. The van der Waals surface area contributed by atoms with Crippen LogP contribution in [0.5, 0.6) is 0 Å². The number of aromatic nitrogens is 4. The molecule has 4 aromatic rings. The lowest BCUT2D eigenvalue weighted by Gasteiger charge is -2.12. The number of H-pyrrole nitrogens is 1. The quantitative estimate of drug-likeness (QED) is 0.335. The van der Waals surface area contributed by atoms with E-state index in [4.69, 9.17) is 0 Å². The van der Waals surface area contributed by atoms with Crippen molar-refractivity contribution in [1.29, 1.82) is 0 Å². The van der Waals surface area contributed by atoms with E-state index in [1.807, 2.05) is 25.1 Å². The Morgan fingerprint density at radius 3 is 2.77 bits per heavy atom. The molecule has 0 radical (unpaired) electrons. The van der Waals surface area contributed by atoms with Gasteiger partial charge in [-0.2, -0.15) is 5.10 Å². The zero-order valence-corrected chi connectivity index (χ0v) is 19.8. The Morgan fingerprint density at radius 1 is 1.17 bits per heavy atom. The van der Waals surface area contributed by atoms with Crippen molar-refractivity contribution in [3.05, 3.63) is 69.9 Å². The van der Waals surface area contributed by atoms with Crippen LogP contribution in [0.4, 0.5) is 0 Å². The Morgan fingerprint density at radius 2 is 1.97 bits per heavy atom. The number of likely N-dealkylation sites (tertiary alicyclic amines) is 1. The summed E-state index contributed by atoms with van der Waals surface area (Å²) in [5.41, 5.74) is 3.64. The Bertz CT molecular complexity index is 1490. The number of carbonyl (C=O) groups excluding carboxylic acids is 1. The number of fused-ring (bicyclic) bond motifs is 3. The Labute approximate surface area is 203 Å². The molecule has 1 aliphatic heterocycles. The van der Waals surface area contributed by atoms with Crippen LogP contribution < -0.4 is 10.9 Å². The van der Waals surface area contributed by atoms with E-state index in [-0.39, 0.29) is 11.5 Å². The molecule has 1 amide bonds. The number of carbonyl (C=O) groups is 1. The van der Waals surface area contributed by atoms with E-state index in [0.29, 0.717) is 36.0 Å². The van der Waals surface area contributed by atoms with Gasteiger partial charge in [-0.1, -0.05) is 11.8 Å². The van der Waals surface area contributed by atoms with E-state index in [1.165, 1.54) is 12.8 Å². The highest BCUT2D eigenvalue weighted by atomic mass is 16.1. The molecule has 1 aromatic carbocycles. The largest absolute Gasteiger partial charge is 0.352 e. The van der Waals surface area contributed by atoms with Crippen molar-refractivity contribution in [2.75, 3.05) is 26.2 Å². The highest BCUT2D eigenvalue weighted by Gasteiger charge is 2.16. The van der Waals surface area contributed by atoms with E-state index >= 15 is 0 Å². The third-order valence-corrected chi connectivity index (χ3v) is 6.47. The molecule has 5 rings (SSSR count). The van der Waals surface area contributed by atoms with Crippen LogP contribution >= 0.6 is 0 Å². The maximum atomic E-state index is 13.4. The monoisotopic (exact) mass is 468 g/mol. The Hall–Kier alpha value is -3.96. The summed E-state index contributed by atoms with van der Waals surface area (Å²) in [5, 5.41) is 11.8. The number of aromatic amines is 1. The van der Waals surface area contributed by atoms with E-state index in [9.17, 15) is 9.59 Å². The molecule has 1 saturated heterocycles.